The van der Waals surface area contributed by atoms with Gasteiger partial charge in [0, 0.05) is 17.5 Å². The molecule has 0 saturated heterocycles. The molecule has 1 aromatic rings. The van der Waals surface area contributed by atoms with E-state index in [-0.39, 0.29) is 23.6 Å². The van der Waals surface area contributed by atoms with Gasteiger partial charge in [-0.3, -0.25) is 4.79 Å². The monoisotopic (exact) mass is 352 g/mol. The van der Waals surface area contributed by atoms with Crippen molar-refractivity contribution in [3.8, 4) is 5.75 Å². The predicted octanol–water partition coefficient (Wildman–Crippen LogP) is 3.62. The van der Waals surface area contributed by atoms with Crippen LogP contribution in [0, 0.1) is 17.8 Å². The van der Waals surface area contributed by atoms with Crippen LogP contribution in [0.2, 0.25) is 0 Å². The summed E-state index contributed by atoms with van der Waals surface area (Å²) < 4.78 is 29.7. The highest BCUT2D eigenvalue weighted by Gasteiger charge is 2.40. The lowest BCUT2D eigenvalue weighted by Crippen LogP contribution is -2.49. The average molecular weight is 352 g/mol. The highest BCUT2D eigenvalue weighted by atomic mass is 19.3. The van der Waals surface area contributed by atoms with Gasteiger partial charge in [0.15, 0.2) is 0 Å². The number of nitrogens with two attached hydrogens (primary N) is 1. The van der Waals surface area contributed by atoms with Gasteiger partial charge < -0.3 is 15.8 Å². The maximum Gasteiger partial charge on any atom is 0.387 e. The number of halogens is 2. The summed E-state index contributed by atoms with van der Waals surface area (Å²) in [5.74, 6) is 0.901. The molecule has 138 valence electrons. The van der Waals surface area contributed by atoms with E-state index in [0.29, 0.717) is 17.4 Å². The number of para-hydroxylation sites is 1. The summed E-state index contributed by atoms with van der Waals surface area (Å²) in [6, 6.07) is 6.41. The molecular formula is C19H26F2N2O2. The third kappa shape index (κ3) is 4.11. The average Bonchev–Trinajstić information content (AvgIpc) is 2.54. The summed E-state index contributed by atoms with van der Waals surface area (Å²) in [6.45, 7) is -1.09. The third-order valence-corrected chi connectivity index (χ3v) is 5.74. The Morgan fingerprint density at radius 2 is 1.88 bits per heavy atom. The molecule has 0 aromatic heterocycles. The fraction of sp³-hybridized carbons (Fsp3) is 0.632. The van der Waals surface area contributed by atoms with E-state index in [0.717, 1.165) is 25.7 Å². The molecule has 4 nitrogen and oxygen atoms in total. The summed E-state index contributed by atoms with van der Waals surface area (Å²) in [6.07, 6.45) is 5.05. The van der Waals surface area contributed by atoms with E-state index in [9.17, 15) is 13.6 Å². The Balaban J connectivity index is 1.65. The van der Waals surface area contributed by atoms with E-state index in [1.807, 2.05) is 0 Å². The second kappa shape index (κ2) is 7.68. The van der Waals surface area contributed by atoms with Crippen LogP contribution in [0.25, 0.3) is 0 Å². The van der Waals surface area contributed by atoms with E-state index >= 15 is 0 Å². The molecule has 2 aliphatic rings. The van der Waals surface area contributed by atoms with Gasteiger partial charge in [0.25, 0.3) is 0 Å². The van der Waals surface area contributed by atoms with Gasteiger partial charge in [-0.2, -0.15) is 8.78 Å². The van der Waals surface area contributed by atoms with Crippen molar-refractivity contribution in [3.63, 3.8) is 0 Å². The van der Waals surface area contributed by atoms with Crippen molar-refractivity contribution >= 4 is 5.91 Å². The number of hydrogen-bond donors (Lipinski definition) is 2. The summed E-state index contributed by atoms with van der Waals surface area (Å²) in [7, 11) is 0. The molecule has 0 aliphatic heterocycles. The second-order valence-electron chi connectivity index (χ2n) is 7.34. The largest absolute Gasteiger partial charge is 0.434 e. The van der Waals surface area contributed by atoms with Crippen LogP contribution in [0.5, 0.6) is 5.75 Å². The number of hydrogen-bond acceptors (Lipinski definition) is 3. The first-order valence-corrected chi connectivity index (χ1v) is 9.05. The van der Waals surface area contributed by atoms with E-state index in [4.69, 9.17) is 5.73 Å². The number of nitrogens with one attached hydrogen (secondary N) is 1. The molecule has 1 aromatic carbocycles. The smallest absolute Gasteiger partial charge is 0.387 e. The van der Waals surface area contributed by atoms with Crippen LogP contribution in [-0.2, 0) is 4.79 Å². The number of carbonyl (C=O) groups is 1. The van der Waals surface area contributed by atoms with E-state index in [1.54, 1.807) is 25.1 Å². The summed E-state index contributed by atoms with van der Waals surface area (Å²) in [5.41, 5.74) is 6.85. The molecule has 25 heavy (non-hydrogen) atoms. The minimum atomic E-state index is -2.89. The van der Waals surface area contributed by atoms with E-state index in [2.05, 4.69) is 10.1 Å². The van der Waals surface area contributed by atoms with Crippen molar-refractivity contribution in [1.82, 2.24) is 5.32 Å². The van der Waals surface area contributed by atoms with Gasteiger partial charge in [0.1, 0.15) is 5.75 Å². The first kappa shape index (κ1) is 18.1. The van der Waals surface area contributed by atoms with Gasteiger partial charge in [-0.05, 0) is 50.5 Å². The Labute approximate surface area is 147 Å². The molecule has 3 unspecified atom stereocenters. The molecule has 3 N–H and O–H groups in total. The van der Waals surface area contributed by atoms with Crippen molar-refractivity contribution in [2.24, 2.45) is 23.5 Å². The van der Waals surface area contributed by atoms with Gasteiger partial charge in [-0.15, -0.1) is 0 Å². The van der Waals surface area contributed by atoms with Crippen LogP contribution in [0.4, 0.5) is 8.78 Å². The van der Waals surface area contributed by atoms with Gasteiger partial charge >= 0.3 is 6.61 Å². The Bertz CT molecular complexity index is 597. The first-order chi connectivity index (χ1) is 12.0. The Hall–Kier alpha value is -1.69. The molecule has 2 bridgehead atoms. The molecule has 2 saturated carbocycles. The zero-order valence-corrected chi connectivity index (χ0v) is 14.5. The van der Waals surface area contributed by atoms with Gasteiger partial charge in [-0.25, -0.2) is 0 Å². The molecule has 0 radical (unpaired) electrons. The summed E-state index contributed by atoms with van der Waals surface area (Å²) in [5, 5.41) is 2.98. The van der Waals surface area contributed by atoms with E-state index in [1.165, 1.54) is 12.5 Å². The SMILES string of the molecule is CC(NC(=O)C1CC2CCCC(C1)C2N)c1ccccc1OC(F)F. The summed E-state index contributed by atoms with van der Waals surface area (Å²) >= 11 is 0. The van der Waals surface area contributed by atoms with Crippen LogP contribution in [0.15, 0.2) is 24.3 Å². The lowest BCUT2D eigenvalue weighted by atomic mass is 9.65. The van der Waals surface area contributed by atoms with Crippen LogP contribution in [0.3, 0.4) is 0 Å². The van der Waals surface area contributed by atoms with Crippen LogP contribution in [-0.4, -0.2) is 18.6 Å². The van der Waals surface area contributed by atoms with Crippen molar-refractivity contribution in [2.75, 3.05) is 0 Å². The fourth-order valence-corrected chi connectivity index (χ4v) is 4.45. The molecule has 0 heterocycles. The number of alkyl halides is 2. The maximum atomic E-state index is 12.7. The Kier molecular flexibility index (Phi) is 5.57. The lowest BCUT2D eigenvalue weighted by Gasteiger charge is -2.43. The Morgan fingerprint density at radius 3 is 2.52 bits per heavy atom. The first-order valence-electron chi connectivity index (χ1n) is 9.05. The summed E-state index contributed by atoms with van der Waals surface area (Å²) in [4.78, 5) is 12.7. The molecule has 2 aliphatic carbocycles. The fourth-order valence-electron chi connectivity index (χ4n) is 4.45. The number of ether oxygens (including phenoxy) is 1. The van der Waals surface area contributed by atoms with Crippen LogP contribution >= 0.6 is 0 Å². The number of amides is 1. The van der Waals surface area contributed by atoms with Gasteiger partial charge in [-0.1, -0.05) is 24.6 Å². The molecule has 3 rings (SSSR count). The predicted molar refractivity (Wildman–Crippen MR) is 91.2 cm³/mol. The molecule has 2 fully saturated rings. The zero-order chi connectivity index (χ0) is 18.0. The molecule has 0 spiro atoms. The van der Waals surface area contributed by atoms with Crippen LogP contribution in [0.1, 0.15) is 50.6 Å². The minimum absolute atomic E-state index is 0.0110. The third-order valence-electron chi connectivity index (χ3n) is 5.74. The zero-order valence-electron chi connectivity index (χ0n) is 14.5. The number of rotatable bonds is 5. The standard InChI is InChI=1S/C19H26F2N2O2/c1-11(15-7-2-3-8-16(15)25-19(20)21)23-18(24)14-9-12-5-4-6-13(10-14)17(12)22/h2-3,7-8,11-14,17,19H,4-6,9-10,22H2,1H3,(H,23,24). The second-order valence-corrected chi connectivity index (χ2v) is 7.34. The van der Waals surface area contributed by atoms with Crippen molar-refractivity contribution in [2.45, 2.75) is 57.7 Å². The van der Waals surface area contributed by atoms with Crippen LogP contribution < -0.4 is 15.8 Å². The highest BCUT2D eigenvalue weighted by molar-refractivity contribution is 5.79. The van der Waals surface area contributed by atoms with Crippen molar-refractivity contribution in [1.29, 1.82) is 0 Å². The van der Waals surface area contributed by atoms with Gasteiger partial charge in [0.05, 0.1) is 6.04 Å². The minimum Gasteiger partial charge on any atom is -0.434 e. The molecule has 3 atom stereocenters. The normalized spacial score (nSPS) is 30.0. The molecule has 1 amide bonds. The molecular weight excluding hydrogens is 326 g/mol. The number of carbonyl (C=O) groups excluding carboxylic acids is 1. The quantitative estimate of drug-likeness (QED) is 0.851. The topological polar surface area (TPSA) is 64.4 Å². The van der Waals surface area contributed by atoms with E-state index < -0.39 is 12.7 Å². The van der Waals surface area contributed by atoms with Gasteiger partial charge in [0.2, 0.25) is 5.91 Å². The van der Waals surface area contributed by atoms with Crippen molar-refractivity contribution in [3.05, 3.63) is 29.8 Å². The molecule has 6 heteroatoms. The van der Waals surface area contributed by atoms with Crippen molar-refractivity contribution < 1.29 is 18.3 Å². The lowest BCUT2D eigenvalue weighted by molar-refractivity contribution is -0.128. The maximum absolute atomic E-state index is 12.7. The number of fused-ring (bicyclic) bond motifs is 2. The Morgan fingerprint density at radius 1 is 1.24 bits per heavy atom. The number of benzene rings is 1. The highest BCUT2D eigenvalue weighted by Crippen LogP contribution is 2.42.